The van der Waals surface area contributed by atoms with Gasteiger partial charge in [-0.1, -0.05) is 23.7 Å². The van der Waals surface area contributed by atoms with Gasteiger partial charge in [0.25, 0.3) is 0 Å². The zero-order valence-electron chi connectivity index (χ0n) is 21.7. The Hall–Kier alpha value is -3.89. The van der Waals surface area contributed by atoms with Crippen LogP contribution in [0.25, 0.3) is 22.1 Å². The summed E-state index contributed by atoms with van der Waals surface area (Å²) in [5, 5.41) is 11.2. The standard InChI is InChI=1S/C29H26ClF3N2O5/c1-38-23-9-6-17(14-24(23)39-2)25-26(37)20-7-8-22(36)21(27(20)40-28(25)29(31,32)33)16-34-10-12-35(13-11-34)19-5-3-4-18(30)15-19/h3-9,14-15,36H,10-13,16H2,1-2H3. The first-order valence-electron chi connectivity index (χ1n) is 12.4. The highest BCUT2D eigenvalue weighted by Gasteiger charge is 2.40. The van der Waals surface area contributed by atoms with E-state index in [2.05, 4.69) is 4.90 Å². The van der Waals surface area contributed by atoms with E-state index in [1.165, 1.54) is 44.6 Å². The van der Waals surface area contributed by atoms with E-state index in [0.29, 0.717) is 37.0 Å². The van der Waals surface area contributed by atoms with Crippen molar-refractivity contribution < 1.29 is 32.2 Å². The Morgan fingerprint density at radius 1 is 0.975 bits per heavy atom. The second kappa shape index (κ2) is 10.9. The molecule has 3 aromatic carbocycles. The summed E-state index contributed by atoms with van der Waals surface area (Å²) in [4.78, 5) is 17.7. The number of ether oxygens (including phenoxy) is 2. The number of piperazine rings is 1. The van der Waals surface area contributed by atoms with Gasteiger partial charge in [0.2, 0.25) is 11.2 Å². The lowest BCUT2D eigenvalue weighted by molar-refractivity contribution is -0.152. The molecule has 210 valence electrons. The van der Waals surface area contributed by atoms with E-state index in [4.69, 9.17) is 25.5 Å². The summed E-state index contributed by atoms with van der Waals surface area (Å²) < 4.78 is 58.8. The van der Waals surface area contributed by atoms with E-state index in [9.17, 15) is 23.1 Å². The van der Waals surface area contributed by atoms with Crippen molar-refractivity contribution in [2.75, 3.05) is 45.3 Å². The molecule has 5 rings (SSSR count). The summed E-state index contributed by atoms with van der Waals surface area (Å²) in [5.41, 5.74) is -0.745. The van der Waals surface area contributed by atoms with E-state index < -0.39 is 22.9 Å². The number of hydrogen-bond acceptors (Lipinski definition) is 7. The molecule has 0 aliphatic carbocycles. The number of fused-ring (bicyclic) bond motifs is 1. The molecule has 1 saturated heterocycles. The average Bonchev–Trinajstić information content (AvgIpc) is 2.94. The van der Waals surface area contributed by atoms with Gasteiger partial charge in [-0.15, -0.1) is 0 Å². The van der Waals surface area contributed by atoms with Crippen LogP contribution in [0.4, 0.5) is 18.9 Å². The molecule has 1 aliphatic heterocycles. The summed E-state index contributed by atoms with van der Waals surface area (Å²) in [6.07, 6.45) is -4.98. The van der Waals surface area contributed by atoms with Gasteiger partial charge < -0.3 is 23.9 Å². The second-order valence-electron chi connectivity index (χ2n) is 9.39. The predicted molar refractivity (Wildman–Crippen MR) is 147 cm³/mol. The van der Waals surface area contributed by atoms with Crippen molar-refractivity contribution >= 4 is 28.3 Å². The lowest BCUT2D eigenvalue weighted by Gasteiger charge is -2.36. The van der Waals surface area contributed by atoms with Gasteiger partial charge in [-0.05, 0) is 48.0 Å². The topological polar surface area (TPSA) is 75.4 Å². The van der Waals surface area contributed by atoms with Crippen LogP contribution in [0, 0.1) is 0 Å². The number of alkyl halides is 3. The summed E-state index contributed by atoms with van der Waals surface area (Å²) in [5.74, 6) is -1.24. The minimum absolute atomic E-state index is 0.0348. The summed E-state index contributed by atoms with van der Waals surface area (Å²) in [7, 11) is 2.74. The monoisotopic (exact) mass is 574 g/mol. The van der Waals surface area contributed by atoms with Crippen LogP contribution in [0.3, 0.4) is 0 Å². The first-order chi connectivity index (χ1) is 19.1. The Kier molecular flexibility index (Phi) is 7.57. The normalized spacial score (nSPS) is 14.5. The lowest BCUT2D eigenvalue weighted by atomic mass is 9.99. The third kappa shape index (κ3) is 5.29. The van der Waals surface area contributed by atoms with Crippen LogP contribution in [0.5, 0.6) is 17.2 Å². The number of hydrogen-bond donors (Lipinski definition) is 1. The molecular weight excluding hydrogens is 549 g/mol. The summed E-state index contributed by atoms with van der Waals surface area (Å²) in [6, 6.07) is 14.1. The number of methoxy groups -OCH3 is 2. The number of aromatic hydroxyl groups is 1. The molecule has 0 bridgehead atoms. The fourth-order valence-electron chi connectivity index (χ4n) is 4.97. The number of rotatable bonds is 6. The number of nitrogens with zero attached hydrogens (tertiary/aromatic N) is 2. The second-order valence-corrected chi connectivity index (χ2v) is 9.82. The first-order valence-corrected chi connectivity index (χ1v) is 12.8. The molecule has 11 heteroatoms. The maximum atomic E-state index is 14.3. The largest absolute Gasteiger partial charge is 0.507 e. The zero-order chi connectivity index (χ0) is 28.6. The van der Waals surface area contributed by atoms with Crippen molar-refractivity contribution in [3.05, 3.63) is 81.2 Å². The highest BCUT2D eigenvalue weighted by molar-refractivity contribution is 6.30. The third-order valence-corrected chi connectivity index (χ3v) is 7.23. The fraction of sp³-hybridized carbons (Fsp3) is 0.276. The van der Waals surface area contributed by atoms with E-state index in [1.807, 2.05) is 23.1 Å². The van der Waals surface area contributed by atoms with Gasteiger partial charge in [-0.25, -0.2) is 0 Å². The number of phenols is 1. The molecule has 7 nitrogen and oxygen atoms in total. The molecule has 1 aromatic heterocycles. The van der Waals surface area contributed by atoms with Crippen LogP contribution >= 0.6 is 11.6 Å². The molecule has 1 fully saturated rings. The van der Waals surface area contributed by atoms with Crippen molar-refractivity contribution in [1.82, 2.24) is 4.90 Å². The molecule has 2 heterocycles. The Morgan fingerprint density at radius 2 is 1.70 bits per heavy atom. The van der Waals surface area contributed by atoms with Crippen LogP contribution in [0.15, 0.2) is 63.8 Å². The molecule has 0 amide bonds. The Balaban J connectivity index is 1.54. The molecule has 1 aliphatic rings. The first kappa shape index (κ1) is 27.7. The Bertz CT molecular complexity index is 1610. The van der Waals surface area contributed by atoms with Gasteiger partial charge in [-0.3, -0.25) is 9.69 Å². The van der Waals surface area contributed by atoms with Crippen molar-refractivity contribution in [3.63, 3.8) is 0 Å². The van der Waals surface area contributed by atoms with Gasteiger partial charge in [0.05, 0.1) is 30.7 Å². The van der Waals surface area contributed by atoms with Crippen molar-refractivity contribution in [1.29, 1.82) is 0 Å². The van der Waals surface area contributed by atoms with Gasteiger partial charge in [0, 0.05) is 43.4 Å². The maximum absolute atomic E-state index is 14.3. The van der Waals surface area contributed by atoms with Crippen LogP contribution in [-0.2, 0) is 12.7 Å². The SMILES string of the molecule is COc1ccc(-c2c(C(F)(F)F)oc3c(CN4CCN(c5cccc(Cl)c5)CC4)c(O)ccc3c2=O)cc1OC. The molecule has 1 N–H and O–H groups in total. The molecule has 0 atom stereocenters. The van der Waals surface area contributed by atoms with Crippen molar-refractivity contribution in [2.24, 2.45) is 0 Å². The van der Waals surface area contributed by atoms with Gasteiger partial charge >= 0.3 is 6.18 Å². The predicted octanol–water partition coefficient (Wildman–Crippen LogP) is 6.18. The van der Waals surface area contributed by atoms with Crippen LogP contribution < -0.4 is 19.8 Å². The smallest absolute Gasteiger partial charge is 0.450 e. The van der Waals surface area contributed by atoms with Crippen LogP contribution in [0.1, 0.15) is 11.3 Å². The van der Waals surface area contributed by atoms with E-state index in [1.54, 1.807) is 6.07 Å². The minimum atomic E-state index is -4.98. The quantitative estimate of drug-likeness (QED) is 0.295. The van der Waals surface area contributed by atoms with Gasteiger partial charge in [-0.2, -0.15) is 13.2 Å². The van der Waals surface area contributed by atoms with Crippen LogP contribution in [0.2, 0.25) is 5.02 Å². The minimum Gasteiger partial charge on any atom is -0.507 e. The van der Waals surface area contributed by atoms with Crippen LogP contribution in [-0.4, -0.2) is 50.4 Å². The number of benzene rings is 3. The van der Waals surface area contributed by atoms with Gasteiger partial charge in [0.15, 0.2) is 11.5 Å². The summed E-state index contributed by atoms with van der Waals surface area (Å²) in [6.45, 7) is 2.54. The maximum Gasteiger partial charge on any atom is 0.450 e. The van der Waals surface area contributed by atoms with Gasteiger partial charge in [0.1, 0.15) is 11.3 Å². The molecule has 40 heavy (non-hydrogen) atoms. The highest BCUT2D eigenvalue weighted by Crippen LogP contribution is 2.41. The molecule has 4 aromatic rings. The zero-order valence-corrected chi connectivity index (χ0v) is 22.5. The van der Waals surface area contributed by atoms with E-state index in [-0.39, 0.29) is 40.1 Å². The van der Waals surface area contributed by atoms with Crippen molar-refractivity contribution in [3.8, 4) is 28.4 Å². The number of halogens is 4. The third-order valence-electron chi connectivity index (χ3n) is 7.00. The molecule has 0 radical (unpaired) electrons. The highest BCUT2D eigenvalue weighted by atomic mass is 35.5. The fourth-order valence-corrected chi connectivity index (χ4v) is 5.16. The molecule has 0 spiro atoms. The molecular formula is C29H26ClF3N2O5. The van der Waals surface area contributed by atoms with E-state index in [0.717, 1.165) is 5.69 Å². The molecule has 0 saturated carbocycles. The Morgan fingerprint density at radius 3 is 2.35 bits per heavy atom. The van der Waals surface area contributed by atoms with Crippen molar-refractivity contribution in [2.45, 2.75) is 12.7 Å². The summed E-state index contributed by atoms with van der Waals surface area (Å²) >= 11 is 6.12. The molecule has 0 unspecified atom stereocenters. The Labute approximate surface area is 232 Å². The number of phenolic OH excluding ortho intramolecular Hbond substituents is 1. The number of anilines is 1. The average molecular weight is 575 g/mol. The van der Waals surface area contributed by atoms with E-state index >= 15 is 0 Å². The lowest BCUT2D eigenvalue weighted by Crippen LogP contribution is -2.46.